The standard InChI is InChI=1S/C22H18Cl2N4O2/c1-3-17-20-22(26-18(25-17)12-19(29)30-2)28(14-10-8-13(23)9-11-14)21(27-20)15-6-4-5-7-16(15)24/h4-11H,3,12H2,1-2H3. The molecule has 0 fully saturated rings. The quantitative estimate of drug-likeness (QED) is 0.405. The number of benzene rings is 2. The van der Waals surface area contributed by atoms with Crippen LogP contribution in [0.1, 0.15) is 18.4 Å². The molecule has 0 bridgehead atoms. The topological polar surface area (TPSA) is 69.9 Å². The molecule has 0 aliphatic rings. The van der Waals surface area contributed by atoms with Gasteiger partial charge in [0, 0.05) is 16.3 Å². The van der Waals surface area contributed by atoms with Gasteiger partial charge in [0.2, 0.25) is 0 Å². The largest absolute Gasteiger partial charge is 0.469 e. The van der Waals surface area contributed by atoms with Crippen molar-refractivity contribution >= 4 is 40.3 Å². The minimum Gasteiger partial charge on any atom is -0.469 e. The second-order valence-corrected chi connectivity index (χ2v) is 7.44. The highest BCUT2D eigenvalue weighted by atomic mass is 35.5. The first-order valence-electron chi connectivity index (χ1n) is 9.37. The number of halogens is 2. The van der Waals surface area contributed by atoms with Gasteiger partial charge in [0.05, 0.1) is 17.8 Å². The molecule has 152 valence electrons. The smallest absolute Gasteiger partial charge is 0.313 e. The number of hydrogen-bond acceptors (Lipinski definition) is 5. The number of fused-ring (bicyclic) bond motifs is 1. The Bertz CT molecular complexity index is 1240. The second-order valence-electron chi connectivity index (χ2n) is 6.59. The van der Waals surface area contributed by atoms with E-state index in [2.05, 4.69) is 9.97 Å². The van der Waals surface area contributed by atoms with Crippen LogP contribution in [0.3, 0.4) is 0 Å². The average molecular weight is 441 g/mol. The van der Waals surface area contributed by atoms with Gasteiger partial charge in [-0.1, -0.05) is 42.3 Å². The Balaban J connectivity index is 2.05. The lowest BCUT2D eigenvalue weighted by Crippen LogP contribution is -2.10. The lowest BCUT2D eigenvalue weighted by Gasteiger charge is -2.11. The van der Waals surface area contributed by atoms with E-state index < -0.39 is 5.97 Å². The van der Waals surface area contributed by atoms with Gasteiger partial charge in [-0.05, 0) is 42.8 Å². The fourth-order valence-electron chi connectivity index (χ4n) is 3.25. The predicted molar refractivity (Wildman–Crippen MR) is 117 cm³/mol. The van der Waals surface area contributed by atoms with E-state index in [1.807, 2.05) is 47.9 Å². The molecule has 4 rings (SSSR count). The molecule has 0 spiro atoms. The highest BCUT2D eigenvalue weighted by molar-refractivity contribution is 6.33. The summed E-state index contributed by atoms with van der Waals surface area (Å²) < 4.78 is 6.70. The molecule has 0 aliphatic carbocycles. The van der Waals surface area contributed by atoms with Crippen molar-refractivity contribution in [3.63, 3.8) is 0 Å². The first kappa shape index (κ1) is 20.3. The van der Waals surface area contributed by atoms with Gasteiger partial charge in [0.25, 0.3) is 0 Å². The van der Waals surface area contributed by atoms with Gasteiger partial charge in [-0.25, -0.2) is 15.0 Å². The Labute approximate surface area is 183 Å². The van der Waals surface area contributed by atoms with Crippen LogP contribution >= 0.6 is 23.2 Å². The molecule has 2 heterocycles. The zero-order valence-corrected chi connectivity index (χ0v) is 17.9. The Hall–Kier alpha value is -2.96. The second kappa shape index (κ2) is 8.42. The van der Waals surface area contributed by atoms with Gasteiger partial charge in [-0.3, -0.25) is 9.36 Å². The molecule has 4 aromatic rings. The molecule has 30 heavy (non-hydrogen) atoms. The van der Waals surface area contributed by atoms with Crippen molar-refractivity contribution < 1.29 is 9.53 Å². The highest BCUT2D eigenvalue weighted by Gasteiger charge is 2.21. The van der Waals surface area contributed by atoms with Gasteiger partial charge in [0.15, 0.2) is 5.65 Å². The van der Waals surface area contributed by atoms with E-state index in [1.54, 1.807) is 12.1 Å². The maximum Gasteiger partial charge on any atom is 0.313 e. The zero-order valence-electron chi connectivity index (χ0n) is 16.4. The van der Waals surface area contributed by atoms with Gasteiger partial charge >= 0.3 is 5.97 Å². The fraction of sp³-hybridized carbons (Fsp3) is 0.182. The number of hydrogen-bond donors (Lipinski definition) is 0. The van der Waals surface area contributed by atoms with Gasteiger partial charge in [-0.2, -0.15) is 0 Å². The zero-order chi connectivity index (χ0) is 21.3. The number of ether oxygens (including phenoxy) is 1. The molecule has 0 aliphatic heterocycles. The molecule has 0 atom stereocenters. The number of rotatable bonds is 5. The van der Waals surface area contributed by atoms with Crippen LogP contribution in [0.5, 0.6) is 0 Å². The third kappa shape index (κ3) is 3.76. The van der Waals surface area contributed by atoms with Crippen molar-refractivity contribution in [2.75, 3.05) is 7.11 Å². The lowest BCUT2D eigenvalue weighted by molar-refractivity contribution is -0.139. The van der Waals surface area contributed by atoms with E-state index in [0.29, 0.717) is 39.3 Å². The van der Waals surface area contributed by atoms with Gasteiger partial charge in [0.1, 0.15) is 23.6 Å². The summed E-state index contributed by atoms with van der Waals surface area (Å²) in [6.45, 7) is 1.99. The Morgan fingerprint density at radius 2 is 1.77 bits per heavy atom. The number of imidazole rings is 1. The summed E-state index contributed by atoms with van der Waals surface area (Å²) in [5.41, 5.74) is 3.60. The molecule has 2 aromatic carbocycles. The SMILES string of the molecule is CCc1nc(CC(=O)OC)nc2c1nc(-c1ccccc1Cl)n2-c1ccc(Cl)cc1. The molecule has 6 nitrogen and oxygen atoms in total. The molecule has 8 heteroatoms. The van der Waals surface area contributed by atoms with Crippen molar-refractivity contribution in [3.8, 4) is 17.1 Å². The van der Waals surface area contributed by atoms with Crippen LogP contribution in [0.4, 0.5) is 0 Å². The number of nitrogens with zero attached hydrogens (tertiary/aromatic N) is 4. The summed E-state index contributed by atoms with van der Waals surface area (Å²) in [5.74, 6) is 0.615. The summed E-state index contributed by atoms with van der Waals surface area (Å²) in [6, 6.07) is 14.9. The number of aromatic nitrogens is 4. The Morgan fingerprint density at radius 3 is 2.43 bits per heavy atom. The fourth-order valence-corrected chi connectivity index (χ4v) is 3.60. The average Bonchev–Trinajstić information content (AvgIpc) is 3.13. The van der Waals surface area contributed by atoms with Crippen LogP contribution in [0.15, 0.2) is 48.5 Å². The molecule has 0 radical (unpaired) electrons. The monoisotopic (exact) mass is 440 g/mol. The van der Waals surface area contributed by atoms with Crippen LogP contribution in [0.25, 0.3) is 28.2 Å². The number of carbonyl (C=O) groups is 1. The van der Waals surface area contributed by atoms with Crippen molar-refractivity contribution in [3.05, 3.63) is 70.1 Å². The summed E-state index contributed by atoms with van der Waals surface area (Å²) in [4.78, 5) is 25.9. The molecule has 2 aromatic heterocycles. The molecule has 0 saturated carbocycles. The first-order valence-corrected chi connectivity index (χ1v) is 10.1. The summed E-state index contributed by atoms with van der Waals surface area (Å²) in [7, 11) is 1.34. The van der Waals surface area contributed by atoms with E-state index in [1.165, 1.54) is 7.11 Å². The molecule has 0 N–H and O–H groups in total. The number of esters is 1. The Kier molecular flexibility index (Phi) is 5.70. The maximum absolute atomic E-state index is 11.8. The molecular formula is C22H18Cl2N4O2. The molecule has 0 unspecified atom stereocenters. The van der Waals surface area contributed by atoms with E-state index in [-0.39, 0.29) is 6.42 Å². The molecule has 0 amide bonds. The van der Waals surface area contributed by atoms with E-state index >= 15 is 0 Å². The van der Waals surface area contributed by atoms with Crippen molar-refractivity contribution in [2.45, 2.75) is 19.8 Å². The minimum atomic E-state index is -0.403. The predicted octanol–water partition coefficient (Wildman–Crippen LogP) is 5.07. The summed E-state index contributed by atoms with van der Waals surface area (Å²) in [6.07, 6.45) is 0.611. The van der Waals surface area contributed by atoms with E-state index in [4.69, 9.17) is 32.9 Å². The normalized spacial score (nSPS) is 11.1. The lowest BCUT2D eigenvalue weighted by atomic mass is 10.2. The summed E-state index contributed by atoms with van der Waals surface area (Å²) in [5, 5.41) is 1.20. The highest BCUT2D eigenvalue weighted by Crippen LogP contribution is 2.33. The van der Waals surface area contributed by atoms with Crippen molar-refractivity contribution in [2.24, 2.45) is 0 Å². The molecular weight excluding hydrogens is 423 g/mol. The van der Waals surface area contributed by atoms with Crippen LogP contribution in [-0.4, -0.2) is 32.6 Å². The number of aryl methyl sites for hydroxylation is 1. The third-order valence-electron chi connectivity index (χ3n) is 4.69. The third-order valence-corrected chi connectivity index (χ3v) is 5.27. The minimum absolute atomic E-state index is 0.0212. The first-order chi connectivity index (χ1) is 14.5. The van der Waals surface area contributed by atoms with E-state index in [9.17, 15) is 4.79 Å². The van der Waals surface area contributed by atoms with Crippen LogP contribution in [-0.2, 0) is 22.4 Å². The number of methoxy groups -OCH3 is 1. The summed E-state index contributed by atoms with van der Waals surface area (Å²) >= 11 is 12.6. The van der Waals surface area contributed by atoms with Crippen molar-refractivity contribution in [1.29, 1.82) is 0 Å². The van der Waals surface area contributed by atoms with Gasteiger partial charge < -0.3 is 4.74 Å². The number of carbonyl (C=O) groups excluding carboxylic acids is 1. The van der Waals surface area contributed by atoms with Crippen LogP contribution in [0, 0.1) is 0 Å². The molecule has 0 saturated heterocycles. The van der Waals surface area contributed by atoms with Gasteiger partial charge in [-0.15, -0.1) is 0 Å². The van der Waals surface area contributed by atoms with Crippen LogP contribution in [0.2, 0.25) is 10.0 Å². The Morgan fingerprint density at radius 1 is 1.03 bits per heavy atom. The maximum atomic E-state index is 11.8. The van der Waals surface area contributed by atoms with Crippen LogP contribution < -0.4 is 0 Å². The van der Waals surface area contributed by atoms with E-state index in [0.717, 1.165) is 16.9 Å². The van der Waals surface area contributed by atoms with Crippen molar-refractivity contribution in [1.82, 2.24) is 19.5 Å².